The fourth-order valence-electron chi connectivity index (χ4n) is 1.83. The van der Waals surface area contributed by atoms with Crippen LogP contribution in [0.4, 0.5) is 18.9 Å². The third-order valence-corrected chi connectivity index (χ3v) is 2.94. The van der Waals surface area contributed by atoms with Gasteiger partial charge in [0.1, 0.15) is 5.75 Å². The van der Waals surface area contributed by atoms with E-state index in [1.54, 1.807) is 12.1 Å². The first-order valence-electron chi connectivity index (χ1n) is 6.68. The van der Waals surface area contributed by atoms with Crippen molar-refractivity contribution in [2.24, 2.45) is 0 Å². The zero-order valence-corrected chi connectivity index (χ0v) is 11.7. The number of ether oxygens (including phenoxy) is 1. The van der Waals surface area contributed by atoms with Crippen LogP contribution in [0.15, 0.2) is 48.5 Å². The number of aliphatic hydroxyl groups excluding tert-OH is 1. The van der Waals surface area contributed by atoms with Crippen LogP contribution in [0.2, 0.25) is 0 Å². The summed E-state index contributed by atoms with van der Waals surface area (Å²) in [5.74, 6) is 0.165. The predicted octanol–water partition coefficient (Wildman–Crippen LogP) is 3.73. The molecule has 0 heterocycles. The van der Waals surface area contributed by atoms with Crippen LogP contribution in [-0.4, -0.2) is 17.9 Å². The molecule has 0 aliphatic rings. The zero-order chi connectivity index (χ0) is 16.0. The van der Waals surface area contributed by atoms with Crippen molar-refractivity contribution >= 4 is 5.69 Å². The molecule has 2 aromatic rings. The van der Waals surface area contributed by atoms with Gasteiger partial charge in [0.05, 0.1) is 6.61 Å². The first kappa shape index (κ1) is 16.2. The fraction of sp³-hybridized carbons (Fsp3) is 0.250. The van der Waals surface area contributed by atoms with Gasteiger partial charge in [0.25, 0.3) is 0 Å². The molecule has 0 spiro atoms. The molecule has 6 heteroatoms. The minimum absolute atomic E-state index is 0.00764. The second kappa shape index (κ2) is 7.17. The average Bonchev–Trinajstić information content (AvgIpc) is 2.51. The van der Waals surface area contributed by atoms with Crippen molar-refractivity contribution in [2.45, 2.75) is 19.3 Å². The monoisotopic (exact) mass is 311 g/mol. The van der Waals surface area contributed by atoms with Gasteiger partial charge in [-0.15, -0.1) is 0 Å². The van der Waals surface area contributed by atoms with Gasteiger partial charge in [-0.3, -0.25) is 0 Å². The van der Waals surface area contributed by atoms with Gasteiger partial charge in [-0.1, -0.05) is 30.3 Å². The van der Waals surface area contributed by atoms with Gasteiger partial charge in [-0.25, -0.2) is 0 Å². The standard InChI is InChI=1S/C16H16F3NO2/c17-16(18,19)11-22-15-3-1-2-14(8-15)20-9-12-4-6-13(10-21)7-5-12/h1-8,20-21H,9-11H2. The van der Waals surface area contributed by atoms with Gasteiger partial charge in [0.2, 0.25) is 0 Å². The quantitative estimate of drug-likeness (QED) is 0.854. The summed E-state index contributed by atoms with van der Waals surface area (Å²) in [4.78, 5) is 0. The molecule has 118 valence electrons. The zero-order valence-electron chi connectivity index (χ0n) is 11.7. The molecular formula is C16H16F3NO2. The van der Waals surface area contributed by atoms with Crippen molar-refractivity contribution in [3.63, 3.8) is 0 Å². The lowest BCUT2D eigenvalue weighted by Crippen LogP contribution is -2.19. The molecule has 0 aliphatic carbocycles. The number of hydrogen-bond acceptors (Lipinski definition) is 3. The summed E-state index contributed by atoms with van der Waals surface area (Å²) >= 11 is 0. The van der Waals surface area contributed by atoms with Crippen molar-refractivity contribution in [3.05, 3.63) is 59.7 Å². The Kier molecular flexibility index (Phi) is 5.27. The Hall–Kier alpha value is -2.21. The topological polar surface area (TPSA) is 41.5 Å². The van der Waals surface area contributed by atoms with E-state index in [2.05, 4.69) is 5.32 Å². The number of anilines is 1. The van der Waals surface area contributed by atoms with Crippen molar-refractivity contribution in [1.82, 2.24) is 0 Å². The molecule has 0 amide bonds. The number of benzene rings is 2. The van der Waals surface area contributed by atoms with Gasteiger partial charge < -0.3 is 15.2 Å². The Morgan fingerprint density at radius 2 is 1.68 bits per heavy atom. The van der Waals surface area contributed by atoms with Crippen LogP contribution < -0.4 is 10.1 Å². The van der Waals surface area contributed by atoms with E-state index in [1.807, 2.05) is 24.3 Å². The van der Waals surface area contributed by atoms with Crippen LogP contribution in [0.1, 0.15) is 11.1 Å². The molecule has 0 aliphatic heterocycles. The third-order valence-electron chi connectivity index (χ3n) is 2.94. The van der Waals surface area contributed by atoms with E-state index in [-0.39, 0.29) is 12.4 Å². The summed E-state index contributed by atoms with van der Waals surface area (Å²) in [5, 5.41) is 12.1. The number of halogens is 3. The second-order valence-corrected chi connectivity index (χ2v) is 4.76. The molecule has 2 N–H and O–H groups in total. The van der Waals surface area contributed by atoms with Crippen LogP contribution in [-0.2, 0) is 13.2 Å². The molecule has 0 saturated heterocycles. The Bertz CT molecular complexity index is 597. The maximum absolute atomic E-state index is 12.1. The van der Waals surface area contributed by atoms with Gasteiger partial charge >= 0.3 is 6.18 Å². The van der Waals surface area contributed by atoms with Crippen molar-refractivity contribution in [3.8, 4) is 5.75 Å². The molecular weight excluding hydrogens is 295 g/mol. The predicted molar refractivity (Wildman–Crippen MR) is 77.7 cm³/mol. The van der Waals surface area contributed by atoms with E-state index in [4.69, 9.17) is 9.84 Å². The van der Waals surface area contributed by atoms with E-state index in [1.165, 1.54) is 12.1 Å². The maximum atomic E-state index is 12.1. The minimum atomic E-state index is -4.35. The summed E-state index contributed by atoms with van der Waals surface area (Å²) in [5.41, 5.74) is 2.50. The normalized spacial score (nSPS) is 11.3. The van der Waals surface area contributed by atoms with Gasteiger partial charge in [0, 0.05) is 18.3 Å². The van der Waals surface area contributed by atoms with Crippen LogP contribution >= 0.6 is 0 Å². The van der Waals surface area contributed by atoms with Crippen LogP contribution in [0.25, 0.3) is 0 Å². The molecule has 22 heavy (non-hydrogen) atoms. The molecule has 0 unspecified atom stereocenters. The Morgan fingerprint density at radius 3 is 2.32 bits per heavy atom. The number of hydrogen-bond donors (Lipinski definition) is 2. The van der Waals surface area contributed by atoms with Crippen molar-refractivity contribution < 1.29 is 23.0 Å². The first-order chi connectivity index (χ1) is 10.5. The lowest BCUT2D eigenvalue weighted by molar-refractivity contribution is -0.153. The average molecular weight is 311 g/mol. The van der Waals surface area contributed by atoms with Gasteiger partial charge in [-0.2, -0.15) is 13.2 Å². The fourth-order valence-corrected chi connectivity index (χ4v) is 1.83. The molecule has 0 atom stereocenters. The third kappa shape index (κ3) is 5.29. The number of alkyl halides is 3. The second-order valence-electron chi connectivity index (χ2n) is 4.76. The molecule has 2 rings (SSSR count). The Balaban J connectivity index is 1.92. The van der Waals surface area contributed by atoms with Crippen LogP contribution in [0.5, 0.6) is 5.75 Å². The van der Waals surface area contributed by atoms with Gasteiger partial charge in [0.15, 0.2) is 6.61 Å². The van der Waals surface area contributed by atoms with E-state index in [0.717, 1.165) is 11.1 Å². The highest BCUT2D eigenvalue weighted by Gasteiger charge is 2.28. The Morgan fingerprint density at radius 1 is 1.00 bits per heavy atom. The first-order valence-corrected chi connectivity index (χ1v) is 6.68. The smallest absolute Gasteiger partial charge is 0.422 e. The largest absolute Gasteiger partial charge is 0.484 e. The van der Waals surface area contributed by atoms with Crippen LogP contribution in [0, 0.1) is 0 Å². The van der Waals surface area contributed by atoms with Gasteiger partial charge in [-0.05, 0) is 23.3 Å². The lowest BCUT2D eigenvalue weighted by atomic mass is 10.1. The van der Waals surface area contributed by atoms with Crippen molar-refractivity contribution in [1.29, 1.82) is 0 Å². The highest BCUT2D eigenvalue weighted by molar-refractivity contribution is 5.48. The molecule has 2 aromatic carbocycles. The summed E-state index contributed by atoms with van der Waals surface area (Å²) in [6, 6.07) is 13.8. The van der Waals surface area contributed by atoms with Crippen LogP contribution in [0.3, 0.4) is 0 Å². The summed E-state index contributed by atoms with van der Waals surface area (Å²) < 4.78 is 41.0. The number of nitrogens with one attached hydrogen (secondary N) is 1. The molecule has 0 fully saturated rings. The minimum Gasteiger partial charge on any atom is -0.484 e. The number of aliphatic hydroxyl groups is 1. The molecule has 0 radical (unpaired) electrons. The molecule has 0 aromatic heterocycles. The molecule has 0 bridgehead atoms. The highest BCUT2D eigenvalue weighted by Crippen LogP contribution is 2.21. The lowest BCUT2D eigenvalue weighted by Gasteiger charge is -2.11. The van der Waals surface area contributed by atoms with E-state index in [9.17, 15) is 13.2 Å². The summed E-state index contributed by atoms with van der Waals surface area (Å²) in [7, 11) is 0. The van der Waals surface area contributed by atoms with Crippen molar-refractivity contribution in [2.75, 3.05) is 11.9 Å². The molecule has 3 nitrogen and oxygen atoms in total. The van der Waals surface area contributed by atoms with E-state index in [0.29, 0.717) is 12.2 Å². The molecule has 0 saturated carbocycles. The SMILES string of the molecule is OCc1ccc(CNc2cccc(OCC(F)(F)F)c2)cc1. The maximum Gasteiger partial charge on any atom is 0.422 e. The van der Waals surface area contributed by atoms with E-state index < -0.39 is 12.8 Å². The van der Waals surface area contributed by atoms with E-state index >= 15 is 0 Å². The number of rotatable bonds is 6. The summed E-state index contributed by atoms with van der Waals surface area (Å²) in [6.45, 7) is -0.792. The highest BCUT2D eigenvalue weighted by atomic mass is 19.4. The summed E-state index contributed by atoms with van der Waals surface area (Å²) in [6.07, 6.45) is -4.35. The Labute approximate surface area is 126 Å².